The van der Waals surface area contributed by atoms with Gasteiger partial charge in [0.05, 0.1) is 17.6 Å². The second kappa shape index (κ2) is 5.62. The van der Waals surface area contributed by atoms with Gasteiger partial charge in [-0.15, -0.1) is 0 Å². The number of aromatic nitrogens is 3. The number of amides is 1. The molecule has 0 fully saturated rings. The summed E-state index contributed by atoms with van der Waals surface area (Å²) in [4.78, 5) is 23.7. The second-order valence-corrected chi connectivity index (χ2v) is 4.34. The van der Waals surface area contributed by atoms with Crippen LogP contribution in [0.1, 0.15) is 17.4 Å². The lowest BCUT2D eigenvalue weighted by atomic mass is 10.3. The van der Waals surface area contributed by atoms with Crippen LogP contribution in [-0.2, 0) is 0 Å². The Labute approximate surface area is 121 Å². The van der Waals surface area contributed by atoms with Crippen molar-refractivity contribution >= 4 is 22.9 Å². The predicted octanol–water partition coefficient (Wildman–Crippen LogP) is 2.61. The summed E-state index contributed by atoms with van der Waals surface area (Å²) in [6.07, 6.45) is 1.55. The molecular formula is C15H14N4O2. The van der Waals surface area contributed by atoms with Gasteiger partial charge < -0.3 is 9.72 Å². The number of hydrogen-bond acceptors (Lipinski definition) is 4. The molecule has 3 aromatic rings. The van der Waals surface area contributed by atoms with Crippen molar-refractivity contribution in [2.45, 2.75) is 6.92 Å². The number of aromatic amines is 1. The van der Waals surface area contributed by atoms with E-state index in [4.69, 9.17) is 4.74 Å². The fraction of sp³-hybridized carbons (Fsp3) is 0.133. The van der Waals surface area contributed by atoms with Crippen LogP contribution >= 0.6 is 0 Å². The second-order valence-electron chi connectivity index (χ2n) is 4.34. The molecular weight excluding hydrogens is 268 g/mol. The van der Waals surface area contributed by atoms with Gasteiger partial charge >= 0.3 is 0 Å². The third-order valence-electron chi connectivity index (χ3n) is 2.91. The first-order valence-corrected chi connectivity index (χ1v) is 6.62. The van der Waals surface area contributed by atoms with Crippen LogP contribution in [-0.4, -0.2) is 27.5 Å². The molecule has 0 bridgehead atoms. The molecule has 0 radical (unpaired) electrons. The molecule has 6 heteroatoms. The summed E-state index contributed by atoms with van der Waals surface area (Å²) in [7, 11) is 0. The van der Waals surface area contributed by atoms with Gasteiger partial charge in [-0.3, -0.25) is 10.1 Å². The van der Waals surface area contributed by atoms with Crippen molar-refractivity contribution in [1.29, 1.82) is 0 Å². The molecule has 1 aromatic carbocycles. The quantitative estimate of drug-likeness (QED) is 0.770. The van der Waals surface area contributed by atoms with Crippen LogP contribution in [0.5, 0.6) is 5.75 Å². The molecule has 2 N–H and O–H groups in total. The minimum absolute atomic E-state index is 0.236. The molecule has 106 valence electrons. The van der Waals surface area contributed by atoms with Crippen molar-refractivity contribution in [3.8, 4) is 5.75 Å². The molecule has 0 saturated carbocycles. The average Bonchev–Trinajstić information content (AvgIpc) is 2.90. The van der Waals surface area contributed by atoms with Crippen LogP contribution in [0.2, 0.25) is 0 Å². The monoisotopic (exact) mass is 282 g/mol. The average molecular weight is 282 g/mol. The highest BCUT2D eigenvalue weighted by atomic mass is 16.5. The highest BCUT2D eigenvalue weighted by molar-refractivity contribution is 6.04. The normalized spacial score (nSPS) is 10.5. The Morgan fingerprint density at radius 2 is 2.14 bits per heavy atom. The number of carbonyl (C=O) groups is 1. The van der Waals surface area contributed by atoms with Crippen LogP contribution in [0.3, 0.4) is 0 Å². The Morgan fingerprint density at radius 3 is 2.95 bits per heavy atom. The molecule has 21 heavy (non-hydrogen) atoms. The molecule has 2 heterocycles. The van der Waals surface area contributed by atoms with Gasteiger partial charge in [0.15, 0.2) is 11.4 Å². The summed E-state index contributed by atoms with van der Waals surface area (Å²) in [6, 6.07) is 11.0. The van der Waals surface area contributed by atoms with Crippen LogP contribution in [0.4, 0.5) is 5.95 Å². The third-order valence-corrected chi connectivity index (χ3v) is 2.91. The van der Waals surface area contributed by atoms with E-state index in [9.17, 15) is 4.79 Å². The SMILES string of the molecule is CCOc1cccnc1C(=O)Nc1nc2ccccc2[nH]1. The van der Waals surface area contributed by atoms with Gasteiger partial charge in [-0.05, 0) is 31.2 Å². The Kier molecular flexibility index (Phi) is 3.51. The van der Waals surface area contributed by atoms with Gasteiger partial charge in [0.2, 0.25) is 5.95 Å². The molecule has 6 nitrogen and oxygen atoms in total. The predicted molar refractivity (Wildman–Crippen MR) is 79.5 cm³/mol. The number of rotatable bonds is 4. The van der Waals surface area contributed by atoms with E-state index < -0.39 is 0 Å². The van der Waals surface area contributed by atoms with Gasteiger partial charge in [-0.25, -0.2) is 9.97 Å². The van der Waals surface area contributed by atoms with E-state index >= 15 is 0 Å². The Bertz CT molecular complexity index is 749. The van der Waals surface area contributed by atoms with Crippen LogP contribution < -0.4 is 10.1 Å². The van der Waals surface area contributed by atoms with Gasteiger partial charge in [0.25, 0.3) is 5.91 Å². The molecule has 0 aliphatic carbocycles. The van der Waals surface area contributed by atoms with Crippen molar-refractivity contribution in [2.24, 2.45) is 0 Å². The first-order valence-electron chi connectivity index (χ1n) is 6.62. The maximum atomic E-state index is 12.3. The zero-order chi connectivity index (χ0) is 14.7. The molecule has 1 amide bonds. The molecule has 0 aliphatic heterocycles. The fourth-order valence-corrected chi connectivity index (χ4v) is 2.01. The first-order chi connectivity index (χ1) is 10.3. The van der Waals surface area contributed by atoms with Crippen LogP contribution in [0.15, 0.2) is 42.6 Å². The lowest BCUT2D eigenvalue weighted by molar-refractivity contribution is 0.101. The van der Waals surface area contributed by atoms with E-state index in [1.807, 2.05) is 31.2 Å². The minimum Gasteiger partial charge on any atom is -0.491 e. The molecule has 0 unspecified atom stereocenters. The molecule has 0 atom stereocenters. The van der Waals surface area contributed by atoms with Gasteiger partial charge in [0.1, 0.15) is 0 Å². The summed E-state index contributed by atoms with van der Waals surface area (Å²) in [5.41, 5.74) is 1.89. The topological polar surface area (TPSA) is 79.9 Å². The van der Waals surface area contributed by atoms with E-state index in [2.05, 4.69) is 20.3 Å². The maximum Gasteiger partial charge on any atom is 0.280 e. The van der Waals surface area contributed by atoms with Crippen molar-refractivity contribution < 1.29 is 9.53 Å². The van der Waals surface area contributed by atoms with E-state index in [0.717, 1.165) is 11.0 Å². The Morgan fingerprint density at radius 1 is 1.29 bits per heavy atom. The lowest BCUT2D eigenvalue weighted by Crippen LogP contribution is -2.16. The number of benzene rings is 1. The largest absolute Gasteiger partial charge is 0.491 e. The number of para-hydroxylation sites is 2. The molecule has 3 rings (SSSR count). The number of anilines is 1. The van der Waals surface area contributed by atoms with E-state index in [1.54, 1.807) is 18.3 Å². The van der Waals surface area contributed by atoms with Crippen LogP contribution in [0, 0.1) is 0 Å². The number of carbonyl (C=O) groups excluding carboxylic acids is 1. The van der Waals surface area contributed by atoms with Crippen molar-refractivity contribution in [3.63, 3.8) is 0 Å². The van der Waals surface area contributed by atoms with Crippen molar-refractivity contribution in [3.05, 3.63) is 48.3 Å². The third kappa shape index (κ3) is 2.69. The van der Waals surface area contributed by atoms with E-state index in [1.165, 1.54) is 0 Å². The minimum atomic E-state index is -0.363. The summed E-state index contributed by atoms with van der Waals surface area (Å²) in [6.45, 7) is 2.32. The summed E-state index contributed by atoms with van der Waals surface area (Å²) in [5, 5.41) is 2.70. The summed E-state index contributed by atoms with van der Waals surface area (Å²) < 4.78 is 5.40. The van der Waals surface area contributed by atoms with Crippen molar-refractivity contribution in [1.82, 2.24) is 15.0 Å². The Hall–Kier alpha value is -2.89. The summed E-state index contributed by atoms with van der Waals surface area (Å²) >= 11 is 0. The number of pyridine rings is 1. The van der Waals surface area contributed by atoms with Gasteiger partial charge in [-0.2, -0.15) is 0 Å². The number of fused-ring (bicyclic) bond motifs is 1. The zero-order valence-electron chi connectivity index (χ0n) is 11.5. The zero-order valence-corrected chi connectivity index (χ0v) is 11.5. The number of H-pyrrole nitrogens is 1. The molecule has 0 saturated heterocycles. The lowest BCUT2D eigenvalue weighted by Gasteiger charge is -2.07. The standard InChI is InChI=1S/C15H14N4O2/c1-2-21-12-8-5-9-16-13(12)14(20)19-15-17-10-6-3-4-7-11(10)18-15/h3-9H,2H2,1H3,(H2,17,18,19,20). The molecule has 0 spiro atoms. The van der Waals surface area contributed by atoms with Gasteiger partial charge in [0, 0.05) is 6.20 Å². The fourth-order valence-electron chi connectivity index (χ4n) is 2.01. The summed E-state index contributed by atoms with van der Waals surface area (Å²) in [5.74, 6) is 0.473. The van der Waals surface area contributed by atoms with Crippen LogP contribution in [0.25, 0.3) is 11.0 Å². The molecule has 0 aliphatic rings. The van der Waals surface area contributed by atoms with Gasteiger partial charge in [-0.1, -0.05) is 12.1 Å². The van der Waals surface area contributed by atoms with E-state index in [0.29, 0.717) is 18.3 Å². The highest BCUT2D eigenvalue weighted by Crippen LogP contribution is 2.18. The smallest absolute Gasteiger partial charge is 0.280 e. The number of hydrogen-bond donors (Lipinski definition) is 2. The van der Waals surface area contributed by atoms with Crippen molar-refractivity contribution in [2.75, 3.05) is 11.9 Å². The Balaban J connectivity index is 1.86. The maximum absolute atomic E-state index is 12.3. The number of nitrogens with one attached hydrogen (secondary N) is 2. The highest BCUT2D eigenvalue weighted by Gasteiger charge is 2.15. The van der Waals surface area contributed by atoms with E-state index in [-0.39, 0.29) is 11.6 Å². The number of imidazole rings is 1. The molecule has 2 aromatic heterocycles. The first kappa shape index (κ1) is 13.1. The number of ether oxygens (including phenoxy) is 1. The number of nitrogens with zero attached hydrogens (tertiary/aromatic N) is 2.